The number of hydrogen-bond donors (Lipinski definition) is 2. The van der Waals surface area contributed by atoms with Crippen molar-refractivity contribution in [2.75, 3.05) is 19.6 Å². The van der Waals surface area contributed by atoms with Gasteiger partial charge in [-0.2, -0.15) is 0 Å². The van der Waals surface area contributed by atoms with Gasteiger partial charge in [0.15, 0.2) is 0 Å². The number of halogens is 1. The lowest BCUT2D eigenvalue weighted by Gasteiger charge is -2.24. The molecule has 3 N–H and O–H groups in total. The normalized spacial score (nSPS) is 36.7. The molecule has 1 fully saturated rings. The minimum Gasteiger partial charge on any atom is -0.330 e. The Balaban J connectivity index is 2.30. The highest BCUT2D eigenvalue weighted by molar-refractivity contribution is 4.77. The van der Waals surface area contributed by atoms with E-state index in [-0.39, 0.29) is 5.92 Å². The van der Waals surface area contributed by atoms with Gasteiger partial charge >= 0.3 is 0 Å². The smallest absolute Gasteiger partial charge is 0.107 e. The molecule has 2 nitrogen and oxygen atoms in total. The van der Waals surface area contributed by atoms with Gasteiger partial charge in [0.1, 0.15) is 6.17 Å². The van der Waals surface area contributed by atoms with Gasteiger partial charge in [0.25, 0.3) is 0 Å². The van der Waals surface area contributed by atoms with E-state index in [0.29, 0.717) is 13.0 Å². The van der Waals surface area contributed by atoms with E-state index in [4.69, 9.17) is 5.73 Å². The molecule has 3 heteroatoms. The van der Waals surface area contributed by atoms with Crippen LogP contribution in [-0.2, 0) is 0 Å². The van der Waals surface area contributed by atoms with E-state index in [2.05, 4.69) is 5.32 Å². The first kappa shape index (κ1) is 6.96. The Bertz CT molecular complexity index is 87.1. The zero-order valence-electron chi connectivity index (χ0n) is 5.44. The van der Waals surface area contributed by atoms with Crippen molar-refractivity contribution >= 4 is 0 Å². The zero-order valence-corrected chi connectivity index (χ0v) is 5.44. The lowest BCUT2D eigenvalue weighted by molar-refractivity contribution is 0.184. The van der Waals surface area contributed by atoms with Crippen LogP contribution >= 0.6 is 0 Å². The molecule has 0 radical (unpaired) electrons. The second-order valence-electron chi connectivity index (χ2n) is 2.50. The summed E-state index contributed by atoms with van der Waals surface area (Å²) in [6.45, 7) is 2.02. The van der Waals surface area contributed by atoms with Crippen molar-refractivity contribution in [3.8, 4) is 0 Å². The predicted molar refractivity (Wildman–Crippen MR) is 34.9 cm³/mol. The van der Waals surface area contributed by atoms with E-state index in [0.717, 1.165) is 13.1 Å². The second-order valence-corrected chi connectivity index (χ2v) is 2.50. The molecule has 0 aromatic rings. The summed E-state index contributed by atoms with van der Waals surface area (Å²) in [5.41, 5.74) is 5.31. The molecule has 0 saturated carbocycles. The molecule has 2 atom stereocenters. The minimum absolute atomic E-state index is 0.0544. The second kappa shape index (κ2) is 3.13. The van der Waals surface area contributed by atoms with Crippen LogP contribution in [0.25, 0.3) is 0 Å². The molecule has 9 heavy (non-hydrogen) atoms. The molecular weight excluding hydrogens is 119 g/mol. The number of alkyl halides is 1. The molecule has 1 rings (SSSR count). The largest absolute Gasteiger partial charge is 0.330 e. The summed E-state index contributed by atoms with van der Waals surface area (Å²) in [7, 11) is 0. The molecule has 0 aliphatic carbocycles. The van der Waals surface area contributed by atoms with Crippen LogP contribution in [0.2, 0.25) is 0 Å². The van der Waals surface area contributed by atoms with Gasteiger partial charge in [-0.05, 0) is 19.5 Å². The monoisotopic (exact) mass is 132 g/mol. The van der Waals surface area contributed by atoms with Crippen molar-refractivity contribution in [3.05, 3.63) is 0 Å². The molecule has 0 spiro atoms. The van der Waals surface area contributed by atoms with Crippen molar-refractivity contribution < 1.29 is 4.39 Å². The summed E-state index contributed by atoms with van der Waals surface area (Å²) < 4.78 is 12.7. The third kappa shape index (κ3) is 1.63. The maximum Gasteiger partial charge on any atom is 0.107 e. The fourth-order valence-electron chi connectivity index (χ4n) is 1.12. The van der Waals surface area contributed by atoms with Crippen LogP contribution in [0.15, 0.2) is 0 Å². The maximum atomic E-state index is 12.7. The number of rotatable bonds is 1. The van der Waals surface area contributed by atoms with Crippen molar-refractivity contribution in [1.29, 1.82) is 0 Å². The van der Waals surface area contributed by atoms with Crippen molar-refractivity contribution in [1.82, 2.24) is 5.32 Å². The summed E-state index contributed by atoms with van der Waals surface area (Å²) in [4.78, 5) is 0. The summed E-state index contributed by atoms with van der Waals surface area (Å²) in [5, 5.41) is 3.10. The summed E-state index contributed by atoms with van der Waals surface area (Å²) >= 11 is 0. The maximum absolute atomic E-state index is 12.7. The highest BCUT2D eigenvalue weighted by atomic mass is 19.1. The van der Waals surface area contributed by atoms with Gasteiger partial charge in [-0.15, -0.1) is 0 Å². The van der Waals surface area contributed by atoms with Crippen molar-refractivity contribution in [2.45, 2.75) is 12.6 Å². The van der Waals surface area contributed by atoms with Crippen LogP contribution in [0.3, 0.4) is 0 Å². The molecule has 0 unspecified atom stereocenters. The fourth-order valence-corrected chi connectivity index (χ4v) is 1.12. The zero-order chi connectivity index (χ0) is 6.69. The Morgan fingerprint density at radius 1 is 1.67 bits per heavy atom. The Hall–Kier alpha value is -0.150. The lowest BCUT2D eigenvalue weighted by Crippen LogP contribution is -2.41. The quantitative estimate of drug-likeness (QED) is 0.522. The highest BCUT2D eigenvalue weighted by Crippen LogP contribution is 2.12. The van der Waals surface area contributed by atoms with Crippen LogP contribution in [0.4, 0.5) is 4.39 Å². The van der Waals surface area contributed by atoms with E-state index in [1.54, 1.807) is 0 Å². The van der Waals surface area contributed by atoms with Crippen LogP contribution in [0, 0.1) is 5.92 Å². The molecule has 1 aliphatic rings. The molecule has 0 bridgehead atoms. The van der Waals surface area contributed by atoms with Crippen LogP contribution in [-0.4, -0.2) is 25.8 Å². The molecule has 1 saturated heterocycles. The average molecular weight is 132 g/mol. The standard InChI is InChI=1S/C6H13FN2/c7-6-1-2-9-4-5(6)3-8/h5-6,9H,1-4,8H2/t5-,6+/m1/s1. The highest BCUT2D eigenvalue weighted by Gasteiger charge is 2.22. The molecular formula is C6H13FN2. The number of hydrogen-bond acceptors (Lipinski definition) is 2. The fraction of sp³-hybridized carbons (Fsp3) is 1.00. The van der Waals surface area contributed by atoms with Gasteiger partial charge in [-0.3, -0.25) is 0 Å². The first-order valence-corrected chi connectivity index (χ1v) is 3.39. The molecule has 54 valence electrons. The number of nitrogens with one attached hydrogen (secondary N) is 1. The van der Waals surface area contributed by atoms with E-state index in [1.807, 2.05) is 0 Å². The molecule has 0 aromatic heterocycles. The summed E-state index contributed by atoms with van der Waals surface area (Å²) in [5.74, 6) is 0.0544. The van der Waals surface area contributed by atoms with Gasteiger partial charge < -0.3 is 11.1 Å². The minimum atomic E-state index is -0.670. The molecule has 1 aliphatic heterocycles. The van der Waals surface area contributed by atoms with Crippen LogP contribution in [0.1, 0.15) is 6.42 Å². The topological polar surface area (TPSA) is 38.0 Å². The van der Waals surface area contributed by atoms with Gasteiger partial charge in [-0.25, -0.2) is 4.39 Å². The van der Waals surface area contributed by atoms with E-state index < -0.39 is 6.17 Å². The van der Waals surface area contributed by atoms with E-state index >= 15 is 0 Å². The van der Waals surface area contributed by atoms with Crippen molar-refractivity contribution in [2.24, 2.45) is 11.7 Å². The SMILES string of the molecule is NC[C@@H]1CNCC[C@@H]1F. The van der Waals surface area contributed by atoms with Crippen molar-refractivity contribution in [3.63, 3.8) is 0 Å². The Morgan fingerprint density at radius 2 is 2.44 bits per heavy atom. The molecule has 0 amide bonds. The van der Waals surface area contributed by atoms with Crippen LogP contribution in [0.5, 0.6) is 0 Å². The van der Waals surface area contributed by atoms with E-state index in [9.17, 15) is 4.39 Å². The van der Waals surface area contributed by atoms with Gasteiger partial charge in [0, 0.05) is 12.5 Å². The third-order valence-electron chi connectivity index (χ3n) is 1.82. The van der Waals surface area contributed by atoms with Crippen LogP contribution < -0.4 is 11.1 Å². The Labute approximate surface area is 54.6 Å². The first-order chi connectivity index (χ1) is 4.34. The van der Waals surface area contributed by atoms with E-state index in [1.165, 1.54) is 0 Å². The van der Waals surface area contributed by atoms with Gasteiger partial charge in [-0.1, -0.05) is 0 Å². The van der Waals surface area contributed by atoms with Gasteiger partial charge in [0.2, 0.25) is 0 Å². The number of nitrogens with two attached hydrogens (primary N) is 1. The third-order valence-corrected chi connectivity index (χ3v) is 1.82. The number of piperidine rings is 1. The predicted octanol–water partition coefficient (Wildman–Crippen LogP) is -0.107. The lowest BCUT2D eigenvalue weighted by atomic mass is 9.98. The van der Waals surface area contributed by atoms with Gasteiger partial charge in [0.05, 0.1) is 0 Å². The summed E-state index contributed by atoms with van der Waals surface area (Å²) in [6, 6.07) is 0. The first-order valence-electron chi connectivity index (χ1n) is 3.39. The molecule has 0 aromatic carbocycles. The Morgan fingerprint density at radius 3 is 2.89 bits per heavy atom. The average Bonchev–Trinajstić information content (AvgIpc) is 1.89. The summed E-state index contributed by atoms with van der Waals surface area (Å²) in [6.07, 6.45) is -0.0433. The Kier molecular flexibility index (Phi) is 2.42. The molecule has 1 heterocycles.